The van der Waals surface area contributed by atoms with Gasteiger partial charge in [-0.25, -0.2) is 9.37 Å². The van der Waals surface area contributed by atoms with Gasteiger partial charge in [0.15, 0.2) is 0 Å². The van der Waals surface area contributed by atoms with Crippen molar-refractivity contribution in [2.45, 2.75) is 25.7 Å². The molecule has 0 saturated heterocycles. The van der Waals surface area contributed by atoms with Crippen LogP contribution >= 0.6 is 22.7 Å². The summed E-state index contributed by atoms with van der Waals surface area (Å²) < 4.78 is 14.3. The molecule has 0 saturated carbocycles. The van der Waals surface area contributed by atoms with Crippen LogP contribution in [-0.2, 0) is 12.8 Å². The Hall–Kier alpha value is -2.90. The van der Waals surface area contributed by atoms with E-state index in [0.29, 0.717) is 20.9 Å². The average Bonchev–Trinajstić information content (AvgIpc) is 3.43. The third-order valence-corrected chi connectivity index (χ3v) is 6.95. The zero-order valence-electron chi connectivity index (χ0n) is 16.0. The SMILES string of the molecule is O=C(c1ccc2c(c1)CCCC2)N(/N=C/c1cccs1)c1nc2ccc(F)cc2s1. The first-order valence-corrected chi connectivity index (χ1v) is 11.5. The fraction of sp³-hybridized carbons (Fsp3) is 0.174. The van der Waals surface area contributed by atoms with Crippen LogP contribution in [0.2, 0.25) is 0 Å². The van der Waals surface area contributed by atoms with E-state index in [1.54, 1.807) is 12.3 Å². The van der Waals surface area contributed by atoms with Crippen molar-refractivity contribution in [1.29, 1.82) is 0 Å². The van der Waals surface area contributed by atoms with Crippen LogP contribution in [0.1, 0.15) is 39.2 Å². The first-order chi connectivity index (χ1) is 14.7. The summed E-state index contributed by atoms with van der Waals surface area (Å²) in [6.45, 7) is 0. The molecule has 2 heterocycles. The number of thiazole rings is 1. The molecule has 0 radical (unpaired) electrons. The number of aromatic nitrogens is 1. The van der Waals surface area contributed by atoms with E-state index in [0.717, 1.165) is 24.1 Å². The molecule has 0 spiro atoms. The van der Waals surface area contributed by atoms with E-state index in [2.05, 4.69) is 16.2 Å². The van der Waals surface area contributed by atoms with Crippen LogP contribution in [0, 0.1) is 5.82 Å². The van der Waals surface area contributed by atoms with Crippen molar-refractivity contribution in [2.75, 3.05) is 5.01 Å². The summed E-state index contributed by atoms with van der Waals surface area (Å²) in [7, 11) is 0. The number of fused-ring (bicyclic) bond motifs is 2. The number of nitrogens with zero attached hydrogens (tertiary/aromatic N) is 3. The van der Waals surface area contributed by atoms with Gasteiger partial charge < -0.3 is 0 Å². The maximum atomic E-state index is 13.6. The van der Waals surface area contributed by atoms with Gasteiger partial charge in [0, 0.05) is 10.4 Å². The topological polar surface area (TPSA) is 45.6 Å². The summed E-state index contributed by atoms with van der Waals surface area (Å²) in [5.74, 6) is -0.567. The van der Waals surface area contributed by atoms with Gasteiger partial charge in [-0.2, -0.15) is 10.1 Å². The largest absolute Gasteiger partial charge is 0.280 e. The van der Waals surface area contributed by atoms with Crippen LogP contribution in [0.15, 0.2) is 59.0 Å². The molecule has 7 heteroatoms. The fourth-order valence-corrected chi connectivity index (χ4v) is 5.16. The fourth-order valence-electron chi connectivity index (χ4n) is 3.63. The average molecular weight is 436 g/mol. The Bertz CT molecular complexity index is 1250. The summed E-state index contributed by atoms with van der Waals surface area (Å²) in [5, 5.41) is 8.17. The van der Waals surface area contributed by atoms with Gasteiger partial charge in [0.1, 0.15) is 5.82 Å². The maximum absolute atomic E-state index is 13.6. The highest BCUT2D eigenvalue weighted by Gasteiger charge is 2.22. The first-order valence-electron chi connectivity index (χ1n) is 9.77. The minimum atomic E-state index is -0.327. The van der Waals surface area contributed by atoms with E-state index >= 15 is 0 Å². The highest BCUT2D eigenvalue weighted by atomic mass is 32.1. The smallest absolute Gasteiger partial charge is 0.267 e. The zero-order chi connectivity index (χ0) is 20.5. The van der Waals surface area contributed by atoms with Crippen molar-refractivity contribution in [3.8, 4) is 0 Å². The van der Waals surface area contributed by atoms with Gasteiger partial charge in [-0.3, -0.25) is 4.79 Å². The van der Waals surface area contributed by atoms with Crippen molar-refractivity contribution in [1.82, 2.24) is 4.98 Å². The van der Waals surface area contributed by atoms with E-state index in [9.17, 15) is 9.18 Å². The number of hydrogen-bond donors (Lipinski definition) is 0. The lowest BCUT2D eigenvalue weighted by atomic mass is 9.90. The number of carbonyl (C=O) groups excluding carboxylic acids is 1. The molecule has 0 unspecified atom stereocenters. The molecular formula is C23H18FN3OS2. The van der Waals surface area contributed by atoms with E-state index in [4.69, 9.17) is 0 Å². The second-order valence-corrected chi connectivity index (χ2v) is 9.16. The Morgan fingerprint density at radius 1 is 1.10 bits per heavy atom. The lowest BCUT2D eigenvalue weighted by Gasteiger charge is -2.18. The molecule has 1 amide bonds. The van der Waals surface area contributed by atoms with Gasteiger partial charge in [0.2, 0.25) is 5.13 Å². The molecule has 4 aromatic rings. The summed E-state index contributed by atoms with van der Waals surface area (Å²) >= 11 is 2.79. The molecular weight excluding hydrogens is 417 g/mol. The Morgan fingerprint density at radius 3 is 2.80 bits per heavy atom. The number of hydrazone groups is 1. The molecule has 1 aliphatic rings. The van der Waals surface area contributed by atoms with Crippen molar-refractivity contribution in [3.63, 3.8) is 0 Å². The molecule has 2 aromatic heterocycles. The zero-order valence-corrected chi connectivity index (χ0v) is 17.7. The summed E-state index contributed by atoms with van der Waals surface area (Å²) in [6, 6.07) is 14.2. The van der Waals surface area contributed by atoms with Crippen LogP contribution in [0.4, 0.5) is 9.52 Å². The highest BCUT2D eigenvalue weighted by molar-refractivity contribution is 7.22. The number of aryl methyl sites for hydroxylation is 2. The van der Waals surface area contributed by atoms with Crippen LogP contribution in [0.25, 0.3) is 10.2 Å². The van der Waals surface area contributed by atoms with Gasteiger partial charge in [-0.1, -0.05) is 23.5 Å². The molecule has 5 rings (SSSR count). The Labute approximate surface area is 181 Å². The standard InChI is InChI=1S/C23H18FN3OS2/c24-18-9-10-20-21(13-18)30-23(26-20)27(25-14-19-6-3-11-29-19)22(28)17-8-7-15-4-1-2-5-16(15)12-17/h3,6-14H,1-2,4-5H2/b25-14+. The summed E-state index contributed by atoms with van der Waals surface area (Å²) in [4.78, 5) is 18.9. The molecule has 150 valence electrons. The normalized spacial score (nSPS) is 13.6. The molecule has 0 aliphatic heterocycles. The number of amides is 1. The minimum Gasteiger partial charge on any atom is -0.267 e. The van der Waals surface area contributed by atoms with Crippen LogP contribution in [0.3, 0.4) is 0 Å². The molecule has 0 N–H and O–H groups in total. The molecule has 2 aromatic carbocycles. The number of carbonyl (C=O) groups is 1. The van der Waals surface area contributed by atoms with Crippen molar-refractivity contribution < 1.29 is 9.18 Å². The van der Waals surface area contributed by atoms with Crippen LogP contribution in [-0.4, -0.2) is 17.1 Å². The molecule has 4 nitrogen and oxygen atoms in total. The van der Waals surface area contributed by atoms with E-state index in [1.165, 1.54) is 57.4 Å². The Morgan fingerprint density at radius 2 is 1.97 bits per heavy atom. The van der Waals surface area contributed by atoms with E-state index < -0.39 is 0 Å². The number of thiophene rings is 1. The van der Waals surface area contributed by atoms with Crippen LogP contribution < -0.4 is 5.01 Å². The number of hydrogen-bond acceptors (Lipinski definition) is 5. The summed E-state index contributed by atoms with van der Waals surface area (Å²) in [5.41, 5.74) is 3.79. The lowest BCUT2D eigenvalue weighted by molar-refractivity contribution is 0.0987. The van der Waals surface area contributed by atoms with Gasteiger partial charge in [0.05, 0.1) is 16.4 Å². The monoisotopic (exact) mass is 435 g/mol. The van der Waals surface area contributed by atoms with Crippen molar-refractivity contribution in [2.24, 2.45) is 5.10 Å². The number of rotatable bonds is 4. The molecule has 0 atom stereocenters. The Kier molecular flexibility index (Phi) is 5.14. The number of halogens is 1. The second kappa shape index (κ2) is 8.08. The predicted octanol–water partition coefficient (Wildman–Crippen LogP) is 6.06. The summed E-state index contributed by atoms with van der Waals surface area (Å²) in [6.07, 6.45) is 6.06. The molecule has 0 fully saturated rings. The number of anilines is 1. The van der Waals surface area contributed by atoms with Crippen LogP contribution in [0.5, 0.6) is 0 Å². The van der Waals surface area contributed by atoms with E-state index in [-0.39, 0.29) is 11.7 Å². The third-order valence-electron chi connectivity index (χ3n) is 5.15. The lowest BCUT2D eigenvalue weighted by Crippen LogP contribution is -2.26. The first kappa shape index (κ1) is 19.1. The molecule has 1 aliphatic carbocycles. The van der Waals surface area contributed by atoms with Gasteiger partial charge in [0.25, 0.3) is 5.91 Å². The second-order valence-electron chi connectivity index (χ2n) is 7.18. The highest BCUT2D eigenvalue weighted by Crippen LogP contribution is 2.31. The van der Waals surface area contributed by atoms with Crippen molar-refractivity contribution >= 4 is 50.1 Å². The number of benzene rings is 2. The predicted molar refractivity (Wildman–Crippen MR) is 121 cm³/mol. The van der Waals surface area contributed by atoms with E-state index in [1.807, 2.05) is 29.6 Å². The van der Waals surface area contributed by atoms with Gasteiger partial charge in [-0.15, -0.1) is 11.3 Å². The van der Waals surface area contributed by atoms with Crippen molar-refractivity contribution in [3.05, 3.63) is 81.3 Å². The van der Waals surface area contributed by atoms with Gasteiger partial charge in [-0.05, 0) is 78.6 Å². The quantitative estimate of drug-likeness (QED) is 0.289. The maximum Gasteiger partial charge on any atom is 0.280 e. The minimum absolute atomic E-state index is 0.240. The van der Waals surface area contributed by atoms with Gasteiger partial charge >= 0.3 is 0 Å². The Balaban J connectivity index is 1.55. The molecule has 0 bridgehead atoms. The molecule has 30 heavy (non-hydrogen) atoms. The third kappa shape index (κ3) is 3.78.